The van der Waals surface area contributed by atoms with Gasteiger partial charge in [0.1, 0.15) is 0 Å². The Bertz CT molecular complexity index is 611. The van der Waals surface area contributed by atoms with Crippen LogP contribution in [-0.4, -0.2) is 30.9 Å². The van der Waals surface area contributed by atoms with Crippen LogP contribution >= 0.6 is 0 Å². The van der Waals surface area contributed by atoms with Crippen molar-refractivity contribution in [1.29, 1.82) is 0 Å². The highest BCUT2D eigenvalue weighted by Gasteiger charge is 2.24. The molecule has 2 unspecified atom stereocenters. The second-order valence-corrected chi connectivity index (χ2v) is 7.46. The first-order valence-electron chi connectivity index (χ1n) is 9.56. The smallest absolute Gasteiger partial charge is 0.251 e. The summed E-state index contributed by atoms with van der Waals surface area (Å²) in [5, 5.41) is 9.43. The molecule has 1 aliphatic carbocycles. The second-order valence-electron chi connectivity index (χ2n) is 7.46. The fourth-order valence-electron chi connectivity index (χ4n) is 3.78. The van der Waals surface area contributed by atoms with Crippen molar-refractivity contribution in [3.8, 4) is 0 Å². The van der Waals surface area contributed by atoms with E-state index in [1.54, 1.807) is 12.1 Å². The summed E-state index contributed by atoms with van der Waals surface area (Å²) in [4.78, 5) is 24.9. The molecule has 2 aliphatic rings. The molecule has 5 heteroatoms. The van der Waals surface area contributed by atoms with Crippen LogP contribution < -0.4 is 16.0 Å². The van der Waals surface area contributed by atoms with Gasteiger partial charge in [-0.3, -0.25) is 9.59 Å². The van der Waals surface area contributed by atoms with Crippen LogP contribution in [0.1, 0.15) is 55.8 Å². The third-order valence-electron chi connectivity index (χ3n) is 5.51. The molecule has 0 bridgehead atoms. The molecule has 0 spiro atoms. The number of carbonyl (C=O) groups is 2. The number of amides is 2. The van der Waals surface area contributed by atoms with E-state index in [1.807, 2.05) is 12.1 Å². The molecule has 1 aromatic rings. The van der Waals surface area contributed by atoms with Gasteiger partial charge in [-0.1, -0.05) is 32.3 Å². The quantitative estimate of drug-likeness (QED) is 0.787. The van der Waals surface area contributed by atoms with E-state index < -0.39 is 0 Å². The number of piperidine rings is 1. The lowest BCUT2D eigenvalue weighted by Crippen LogP contribution is -2.50. The molecule has 1 aromatic carbocycles. The maximum Gasteiger partial charge on any atom is 0.251 e. The molecule has 3 rings (SSSR count). The van der Waals surface area contributed by atoms with Crippen LogP contribution in [0.3, 0.4) is 0 Å². The molecular weight excluding hydrogens is 314 g/mol. The Morgan fingerprint density at radius 2 is 1.92 bits per heavy atom. The molecule has 1 saturated heterocycles. The van der Waals surface area contributed by atoms with Crippen molar-refractivity contribution >= 4 is 17.5 Å². The molecular formula is C20H29N3O2. The molecule has 25 heavy (non-hydrogen) atoms. The van der Waals surface area contributed by atoms with E-state index >= 15 is 0 Å². The first-order chi connectivity index (χ1) is 12.1. The normalized spacial score (nSPS) is 24.5. The molecule has 5 nitrogen and oxygen atoms in total. The van der Waals surface area contributed by atoms with E-state index in [9.17, 15) is 9.59 Å². The number of carbonyl (C=O) groups excluding carboxylic acids is 2. The van der Waals surface area contributed by atoms with Gasteiger partial charge in [-0.05, 0) is 49.9 Å². The fourth-order valence-corrected chi connectivity index (χ4v) is 3.78. The summed E-state index contributed by atoms with van der Waals surface area (Å²) in [6, 6.07) is 7.40. The maximum absolute atomic E-state index is 12.5. The lowest BCUT2D eigenvalue weighted by Gasteiger charge is -2.30. The third kappa shape index (κ3) is 4.82. The molecule has 3 N–H and O–H groups in total. The van der Waals surface area contributed by atoms with Crippen molar-refractivity contribution in [2.24, 2.45) is 11.8 Å². The minimum Gasteiger partial charge on any atom is -0.348 e. The SMILES string of the molecule is CC1CCNCC1NC(=O)c1cccc(NC(=O)C2CCCCC2)c1. The molecule has 2 fully saturated rings. The Balaban J connectivity index is 1.60. The minimum atomic E-state index is -0.0747. The van der Waals surface area contributed by atoms with Crippen LogP contribution in [0.15, 0.2) is 24.3 Å². The monoisotopic (exact) mass is 343 g/mol. The van der Waals surface area contributed by atoms with Gasteiger partial charge in [0.05, 0.1) is 0 Å². The van der Waals surface area contributed by atoms with Crippen molar-refractivity contribution in [1.82, 2.24) is 10.6 Å². The van der Waals surface area contributed by atoms with Crippen LogP contribution in [0.25, 0.3) is 0 Å². The van der Waals surface area contributed by atoms with Gasteiger partial charge >= 0.3 is 0 Å². The summed E-state index contributed by atoms with van der Waals surface area (Å²) in [6.07, 6.45) is 6.51. The number of anilines is 1. The Hall–Kier alpha value is -1.88. The number of nitrogens with one attached hydrogen (secondary N) is 3. The van der Waals surface area contributed by atoms with Crippen LogP contribution in [0.5, 0.6) is 0 Å². The van der Waals surface area contributed by atoms with E-state index in [4.69, 9.17) is 0 Å². The van der Waals surface area contributed by atoms with E-state index in [-0.39, 0.29) is 23.8 Å². The highest BCUT2D eigenvalue weighted by molar-refractivity contribution is 5.97. The standard InChI is InChI=1S/C20H29N3O2/c1-14-10-11-21-13-18(14)23-20(25)16-8-5-9-17(12-16)22-19(24)15-6-3-2-4-7-15/h5,8-9,12,14-15,18,21H,2-4,6-7,10-11,13H2,1H3,(H,22,24)(H,23,25). The number of hydrogen-bond acceptors (Lipinski definition) is 3. The zero-order chi connectivity index (χ0) is 17.6. The molecule has 1 aliphatic heterocycles. The van der Waals surface area contributed by atoms with Crippen molar-refractivity contribution < 1.29 is 9.59 Å². The van der Waals surface area contributed by atoms with Gasteiger partial charge in [0.25, 0.3) is 5.91 Å². The van der Waals surface area contributed by atoms with Crippen LogP contribution in [0.4, 0.5) is 5.69 Å². The first kappa shape index (κ1) is 17.9. The highest BCUT2D eigenvalue weighted by Crippen LogP contribution is 2.25. The lowest BCUT2D eigenvalue weighted by molar-refractivity contribution is -0.120. The average Bonchev–Trinajstić information content (AvgIpc) is 2.64. The molecule has 0 aromatic heterocycles. The van der Waals surface area contributed by atoms with Gasteiger partial charge in [-0.15, -0.1) is 0 Å². The number of benzene rings is 1. The molecule has 0 radical (unpaired) electrons. The topological polar surface area (TPSA) is 70.2 Å². The Morgan fingerprint density at radius 1 is 1.12 bits per heavy atom. The van der Waals surface area contributed by atoms with Crippen LogP contribution in [-0.2, 0) is 4.79 Å². The van der Waals surface area contributed by atoms with E-state index in [1.165, 1.54) is 6.42 Å². The van der Waals surface area contributed by atoms with Gasteiger partial charge in [0.15, 0.2) is 0 Å². The van der Waals surface area contributed by atoms with Gasteiger partial charge in [0.2, 0.25) is 5.91 Å². The summed E-state index contributed by atoms with van der Waals surface area (Å²) < 4.78 is 0. The second kappa shape index (κ2) is 8.48. The van der Waals surface area contributed by atoms with Gasteiger partial charge in [0, 0.05) is 29.8 Å². The van der Waals surface area contributed by atoms with E-state index in [2.05, 4.69) is 22.9 Å². The van der Waals surface area contributed by atoms with Crippen LogP contribution in [0, 0.1) is 11.8 Å². The predicted octanol–water partition coefficient (Wildman–Crippen LogP) is 2.93. The summed E-state index contributed by atoms with van der Waals surface area (Å²) in [7, 11) is 0. The lowest BCUT2D eigenvalue weighted by atomic mass is 9.88. The summed E-state index contributed by atoms with van der Waals surface area (Å²) in [5.74, 6) is 0.594. The van der Waals surface area contributed by atoms with Crippen molar-refractivity contribution in [3.05, 3.63) is 29.8 Å². The fraction of sp³-hybridized carbons (Fsp3) is 0.600. The first-order valence-corrected chi connectivity index (χ1v) is 9.56. The average molecular weight is 343 g/mol. The third-order valence-corrected chi connectivity index (χ3v) is 5.51. The van der Waals surface area contributed by atoms with E-state index in [0.717, 1.165) is 45.2 Å². The predicted molar refractivity (Wildman–Crippen MR) is 99.6 cm³/mol. The van der Waals surface area contributed by atoms with Crippen LogP contribution in [0.2, 0.25) is 0 Å². The molecule has 2 atom stereocenters. The molecule has 1 saturated carbocycles. The summed E-state index contributed by atoms with van der Waals surface area (Å²) >= 11 is 0. The number of hydrogen-bond donors (Lipinski definition) is 3. The Morgan fingerprint density at radius 3 is 2.68 bits per heavy atom. The molecule has 136 valence electrons. The minimum absolute atomic E-state index is 0.0747. The summed E-state index contributed by atoms with van der Waals surface area (Å²) in [6.45, 7) is 3.99. The zero-order valence-corrected chi connectivity index (χ0v) is 15.0. The largest absolute Gasteiger partial charge is 0.348 e. The van der Waals surface area contributed by atoms with E-state index in [0.29, 0.717) is 17.2 Å². The van der Waals surface area contributed by atoms with Gasteiger partial charge in [-0.25, -0.2) is 0 Å². The molecule has 2 amide bonds. The van der Waals surface area contributed by atoms with Gasteiger partial charge in [-0.2, -0.15) is 0 Å². The zero-order valence-electron chi connectivity index (χ0n) is 15.0. The van der Waals surface area contributed by atoms with Gasteiger partial charge < -0.3 is 16.0 Å². The van der Waals surface area contributed by atoms with Crippen molar-refractivity contribution in [2.75, 3.05) is 18.4 Å². The molecule has 1 heterocycles. The summed E-state index contributed by atoms with van der Waals surface area (Å²) in [5.41, 5.74) is 1.30. The van der Waals surface area contributed by atoms with Crippen molar-refractivity contribution in [3.63, 3.8) is 0 Å². The Labute approximate surface area is 150 Å². The van der Waals surface area contributed by atoms with Crippen molar-refractivity contribution in [2.45, 2.75) is 51.5 Å². The number of rotatable bonds is 4. The Kier molecular flexibility index (Phi) is 6.08. The highest BCUT2D eigenvalue weighted by atomic mass is 16.2. The maximum atomic E-state index is 12.5.